The molecule has 0 bridgehead atoms. The number of halogens is 2. The number of fused-ring (bicyclic) bond motifs is 1. The van der Waals surface area contributed by atoms with Crippen LogP contribution in [0.25, 0.3) is 10.8 Å². The number of hydrogen-bond donors (Lipinski definition) is 3. The van der Waals surface area contributed by atoms with Crippen molar-refractivity contribution in [3.8, 4) is 0 Å². The molecule has 0 radical (unpaired) electrons. The highest BCUT2D eigenvalue weighted by atomic mass is 35.5. The molecule has 2 heterocycles. The second kappa shape index (κ2) is 9.60. The summed E-state index contributed by atoms with van der Waals surface area (Å²) in [4.78, 5) is 17.3. The first-order chi connectivity index (χ1) is 15.0. The van der Waals surface area contributed by atoms with Crippen LogP contribution in [-0.4, -0.2) is 41.9 Å². The lowest BCUT2D eigenvalue weighted by Gasteiger charge is -2.23. The number of aliphatic hydroxyl groups excluding tert-OH is 1. The van der Waals surface area contributed by atoms with Crippen LogP contribution < -0.4 is 10.6 Å². The summed E-state index contributed by atoms with van der Waals surface area (Å²) in [6, 6.07) is 11.0. The van der Waals surface area contributed by atoms with Crippen molar-refractivity contribution in [3.05, 3.63) is 70.6 Å². The molecule has 6 nitrogen and oxygen atoms in total. The fourth-order valence-electron chi connectivity index (χ4n) is 3.62. The maximum atomic E-state index is 13.8. The minimum atomic E-state index is -0.752. The summed E-state index contributed by atoms with van der Waals surface area (Å²) in [6.07, 6.45) is 3.62. The van der Waals surface area contributed by atoms with E-state index in [9.17, 15) is 14.3 Å². The van der Waals surface area contributed by atoms with Gasteiger partial charge in [-0.15, -0.1) is 0 Å². The van der Waals surface area contributed by atoms with Gasteiger partial charge in [0.2, 0.25) is 0 Å². The number of aliphatic hydroxyl groups is 1. The number of rotatable bonds is 6. The number of hydrogen-bond acceptors (Lipinski definition) is 5. The molecule has 31 heavy (non-hydrogen) atoms. The number of aromatic nitrogens is 1. The van der Waals surface area contributed by atoms with Gasteiger partial charge < -0.3 is 20.5 Å². The second-order valence-corrected chi connectivity index (χ2v) is 7.95. The lowest BCUT2D eigenvalue weighted by atomic mass is 10.0. The minimum Gasteiger partial charge on any atom is -0.394 e. The van der Waals surface area contributed by atoms with Crippen molar-refractivity contribution in [3.63, 3.8) is 0 Å². The Labute approximate surface area is 184 Å². The number of pyridine rings is 1. The monoisotopic (exact) mass is 443 g/mol. The normalized spacial score (nSPS) is 15.6. The third-order valence-electron chi connectivity index (χ3n) is 5.39. The van der Waals surface area contributed by atoms with Crippen LogP contribution in [0.4, 0.5) is 10.2 Å². The topological polar surface area (TPSA) is 83.5 Å². The van der Waals surface area contributed by atoms with Gasteiger partial charge in [0.15, 0.2) is 0 Å². The van der Waals surface area contributed by atoms with Crippen molar-refractivity contribution in [1.29, 1.82) is 0 Å². The number of ether oxygens (including phenoxy) is 1. The Hall–Kier alpha value is -2.74. The quantitative estimate of drug-likeness (QED) is 0.534. The number of benzene rings is 2. The van der Waals surface area contributed by atoms with Gasteiger partial charge in [0.1, 0.15) is 11.6 Å². The molecule has 1 aliphatic rings. The molecule has 0 aliphatic carbocycles. The lowest BCUT2D eigenvalue weighted by Crippen LogP contribution is -2.30. The fourth-order valence-corrected chi connectivity index (χ4v) is 3.73. The lowest BCUT2D eigenvalue weighted by molar-refractivity contribution is 0.0903. The van der Waals surface area contributed by atoms with E-state index in [-0.39, 0.29) is 17.5 Å². The number of carbonyl (C=O) groups excluding carboxylic acids is 1. The Bertz CT molecular complexity index is 1090. The summed E-state index contributed by atoms with van der Waals surface area (Å²) in [6.45, 7) is 1.10. The van der Waals surface area contributed by atoms with Gasteiger partial charge in [-0.25, -0.2) is 9.37 Å². The summed E-state index contributed by atoms with van der Waals surface area (Å²) < 4.78 is 19.2. The maximum absolute atomic E-state index is 13.8. The molecule has 1 amide bonds. The molecule has 1 saturated heterocycles. The Morgan fingerprint density at radius 2 is 2.00 bits per heavy atom. The van der Waals surface area contributed by atoms with E-state index in [2.05, 4.69) is 15.6 Å². The summed E-state index contributed by atoms with van der Waals surface area (Å²) in [5.41, 5.74) is 0.870. The van der Waals surface area contributed by atoms with Crippen LogP contribution in [0, 0.1) is 5.82 Å². The first-order valence-electron chi connectivity index (χ1n) is 10.1. The summed E-state index contributed by atoms with van der Waals surface area (Å²) in [7, 11) is 0. The highest BCUT2D eigenvalue weighted by Gasteiger charge is 2.17. The molecule has 2 aromatic carbocycles. The summed E-state index contributed by atoms with van der Waals surface area (Å²) >= 11 is 5.72. The first-order valence-corrected chi connectivity index (χ1v) is 10.5. The van der Waals surface area contributed by atoms with Crippen molar-refractivity contribution in [2.45, 2.75) is 24.9 Å². The van der Waals surface area contributed by atoms with Gasteiger partial charge in [0.25, 0.3) is 5.91 Å². The summed E-state index contributed by atoms with van der Waals surface area (Å²) in [5, 5.41) is 17.6. The number of carbonyl (C=O) groups is 1. The number of nitrogens with one attached hydrogen (secondary N) is 2. The van der Waals surface area contributed by atoms with Crippen LogP contribution in [0.3, 0.4) is 0 Å². The molecule has 1 fully saturated rings. The zero-order chi connectivity index (χ0) is 21.8. The second-order valence-electron chi connectivity index (χ2n) is 7.54. The largest absolute Gasteiger partial charge is 0.394 e. The third kappa shape index (κ3) is 5.12. The Morgan fingerprint density at radius 3 is 2.74 bits per heavy atom. The molecule has 1 aromatic heterocycles. The van der Waals surface area contributed by atoms with Gasteiger partial charge in [-0.05, 0) is 54.1 Å². The van der Waals surface area contributed by atoms with Gasteiger partial charge in [-0.3, -0.25) is 4.79 Å². The Balaban J connectivity index is 1.51. The van der Waals surface area contributed by atoms with Crippen LogP contribution in [0.5, 0.6) is 0 Å². The van der Waals surface area contributed by atoms with E-state index in [1.165, 1.54) is 12.1 Å². The van der Waals surface area contributed by atoms with Gasteiger partial charge in [0.05, 0.1) is 17.7 Å². The SMILES string of the molecule is O=C(NC(CO)c1ccc(Cl)c(F)c1)c1ccc2cnc(NC3CCOCC3)cc2c1. The average molecular weight is 444 g/mol. The van der Waals surface area contributed by atoms with Gasteiger partial charge in [-0.2, -0.15) is 0 Å². The number of nitrogens with zero attached hydrogens (tertiary/aromatic N) is 1. The molecular weight excluding hydrogens is 421 g/mol. The molecule has 0 spiro atoms. The molecule has 1 aliphatic heterocycles. The van der Waals surface area contributed by atoms with E-state index in [1.54, 1.807) is 24.4 Å². The van der Waals surface area contributed by atoms with Gasteiger partial charge in [0, 0.05) is 36.4 Å². The van der Waals surface area contributed by atoms with E-state index in [1.807, 2.05) is 12.1 Å². The molecular formula is C23H23ClFN3O3. The predicted molar refractivity (Wildman–Crippen MR) is 118 cm³/mol. The molecule has 3 aromatic rings. The average Bonchev–Trinajstić information content (AvgIpc) is 2.79. The standard InChI is InChI=1S/C23H23ClFN3O3/c24-19-4-3-14(10-20(19)25)21(13-29)28-23(30)15-1-2-16-12-26-22(11-17(16)9-15)27-18-5-7-31-8-6-18/h1-4,9-12,18,21,29H,5-8,13H2,(H,26,27)(H,28,30). The smallest absolute Gasteiger partial charge is 0.251 e. The fraction of sp³-hybridized carbons (Fsp3) is 0.304. The molecule has 1 atom stereocenters. The molecule has 1 unspecified atom stereocenters. The van der Waals surface area contributed by atoms with Gasteiger partial charge in [-0.1, -0.05) is 23.7 Å². The third-order valence-corrected chi connectivity index (χ3v) is 5.70. The van der Waals surface area contributed by atoms with E-state index in [0.717, 1.165) is 42.6 Å². The van der Waals surface area contributed by atoms with Crippen LogP contribution in [-0.2, 0) is 4.74 Å². The zero-order valence-electron chi connectivity index (χ0n) is 16.8. The van der Waals surface area contributed by atoms with Crippen LogP contribution in [0.2, 0.25) is 5.02 Å². The van der Waals surface area contributed by atoms with E-state index >= 15 is 0 Å². The number of anilines is 1. The maximum Gasteiger partial charge on any atom is 0.251 e. The zero-order valence-corrected chi connectivity index (χ0v) is 17.5. The van der Waals surface area contributed by atoms with E-state index in [0.29, 0.717) is 17.2 Å². The minimum absolute atomic E-state index is 0.0138. The van der Waals surface area contributed by atoms with Crippen molar-refractivity contribution in [2.24, 2.45) is 0 Å². The van der Waals surface area contributed by atoms with E-state index < -0.39 is 11.9 Å². The van der Waals surface area contributed by atoms with Crippen molar-refractivity contribution < 1.29 is 19.0 Å². The first kappa shape index (κ1) is 21.5. The Kier molecular flexibility index (Phi) is 6.65. The molecule has 4 rings (SSSR count). The summed E-state index contributed by atoms with van der Waals surface area (Å²) in [5.74, 6) is -0.219. The van der Waals surface area contributed by atoms with Crippen LogP contribution in [0.1, 0.15) is 34.8 Å². The highest BCUT2D eigenvalue weighted by Crippen LogP contribution is 2.23. The number of amides is 1. The predicted octanol–water partition coefficient (Wildman–Crippen LogP) is 4.08. The molecule has 0 saturated carbocycles. The van der Waals surface area contributed by atoms with Gasteiger partial charge >= 0.3 is 0 Å². The van der Waals surface area contributed by atoms with Crippen LogP contribution >= 0.6 is 11.6 Å². The van der Waals surface area contributed by atoms with E-state index in [4.69, 9.17) is 16.3 Å². The molecule has 3 N–H and O–H groups in total. The van der Waals surface area contributed by atoms with Crippen LogP contribution in [0.15, 0.2) is 48.7 Å². The molecule has 8 heteroatoms. The van der Waals surface area contributed by atoms with Crippen molar-refractivity contribution >= 4 is 34.1 Å². The molecule has 162 valence electrons. The van der Waals surface area contributed by atoms with Crippen molar-refractivity contribution in [2.75, 3.05) is 25.1 Å². The Morgan fingerprint density at radius 1 is 1.19 bits per heavy atom. The van der Waals surface area contributed by atoms with Crippen molar-refractivity contribution in [1.82, 2.24) is 10.3 Å². The highest BCUT2D eigenvalue weighted by molar-refractivity contribution is 6.30.